The van der Waals surface area contributed by atoms with Crippen LogP contribution in [0.1, 0.15) is 19.8 Å². The summed E-state index contributed by atoms with van der Waals surface area (Å²) in [4.78, 5) is 1.39. The highest BCUT2D eigenvalue weighted by atomic mass is 32.2. The molecule has 0 saturated carbocycles. The third-order valence-corrected chi connectivity index (χ3v) is 3.50. The van der Waals surface area contributed by atoms with Crippen LogP contribution in [-0.2, 0) is 0 Å². The maximum atomic E-state index is 3.22. The van der Waals surface area contributed by atoms with Gasteiger partial charge in [-0.15, -0.1) is 11.8 Å². The van der Waals surface area contributed by atoms with Crippen LogP contribution in [0, 0.1) is 5.92 Å². The first-order valence-electron chi connectivity index (χ1n) is 5.65. The van der Waals surface area contributed by atoms with Crippen LogP contribution in [0.4, 0.5) is 0 Å². The first-order chi connectivity index (χ1) is 7.33. The summed E-state index contributed by atoms with van der Waals surface area (Å²) in [5.74, 6) is 2.03. The topological polar surface area (TPSA) is 12.0 Å². The highest BCUT2D eigenvalue weighted by molar-refractivity contribution is 7.99. The van der Waals surface area contributed by atoms with Gasteiger partial charge in [0.2, 0.25) is 0 Å². The van der Waals surface area contributed by atoms with Crippen LogP contribution < -0.4 is 5.32 Å². The summed E-state index contributed by atoms with van der Waals surface area (Å²) < 4.78 is 0. The van der Waals surface area contributed by atoms with Crippen LogP contribution in [-0.4, -0.2) is 19.3 Å². The number of nitrogens with one attached hydrogen (secondary N) is 1. The molecule has 0 spiro atoms. The van der Waals surface area contributed by atoms with Gasteiger partial charge in [-0.25, -0.2) is 0 Å². The fourth-order valence-corrected chi connectivity index (χ4v) is 2.49. The Hall–Kier alpha value is -0.470. The minimum absolute atomic E-state index is 0.798. The zero-order valence-electron chi connectivity index (χ0n) is 9.70. The number of rotatable bonds is 7. The summed E-state index contributed by atoms with van der Waals surface area (Å²) in [6.07, 6.45) is 2.63. The Balaban J connectivity index is 2.07. The number of hydrogen-bond acceptors (Lipinski definition) is 2. The second kappa shape index (κ2) is 7.77. The van der Waals surface area contributed by atoms with E-state index in [0.29, 0.717) is 0 Å². The van der Waals surface area contributed by atoms with Gasteiger partial charge in [0.05, 0.1) is 0 Å². The van der Waals surface area contributed by atoms with Crippen molar-refractivity contribution >= 4 is 11.8 Å². The Morgan fingerprint density at radius 1 is 1.27 bits per heavy atom. The molecule has 1 unspecified atom stereocenters. The van der Waals surface area contributed by atoms with Crippen LogP contribution in [0.5, 0.6) is 0 Å². The van der Waals surface area contributed by atoms with Crippen molar-refractivity contribution in [2.45, 2.75) is 24.7 Å². The fourth-order valence-electron chi connectivity index (χ4n) is 1.59. The van der Waals surface area contributed by atoms with Gasteiger partial charge in [0.1, 0.15) is 0 Å². The third-order valence-electron chi connectivity index (χ3n) is 2.41. The van der Waals surface area contributed by atoms with Gasteiger partial charge < -0.3 is 5.32 Å². The van der Waals surface area contributed by atoms with Crippen molar-refractivity contribution in [1.29, 1.82) is 0 Å². The Morgan fingerprint density at radius 2 is 2.00 bits per heavy atom. The SMILES string of the molecule is CNCC(C)CCCSc1ccccc1. The number of hydrogen-bond donors (Lipinski definition) is 1. The largest absolute Gasteiger partial charge is 0.319 e. The summed E-state index contributed by atoms with van der Waals surface area (Å²) in [6.45, 7) is 3.44. The maximum absolute atomic E-state index is 3.22. The van der Waals surface area contributed by atoms with Gasteiger partial charge in [0.15, 0.2) is 0 Å². The molecule has 15 heavy (non-hydrogen) atoms. The second-order valence-corrected chi connectivity index (χ2v) is 5.13. The highest BCUT2D eigenvalue weighted by Crippen LogP contribution is 2.19. The van der Waals surface area contributed by atoms with Crippen molar-refractivity contribution in [1.82, 2.24) is 5.32 Å². The molecular weight excluding hydrogens is 202 g/mol. The predicted molar refractivity (Wildman–Crippen MR) is 69.5 cm³/mol. The van der Waals surface area contributed by atoms with Gasteiger partial charge >= 0.3 is 0 Å². The lowest BCUT2D eigenvalue weighted by molar-refractivity contribution is 0.500. The molecule has 1 atom stereocenters. The zero-order valence-corrected chi connectivity index (χ0v) is 10.5. The summed E-state index contributed by atoms with van der Waals surface area (Å²) in [6, 6.07) is 10.6. The van der Waals surface area contributed by atoms with E-state index in [1.165, 1.54) is 23.5 Å². The molecule has 1 rings (SSSR count). The van der Waals surface area contributed by atoms with Crippen LogP contribution in [0.15, 0.2) is 35.2 Å². The van der Waals surface area contributed by atoms with Gasteiger partial charge in [-0.05, 0) is 50.2 Å². The fraction of sp³-hybridized carbons (Fsp3) is 0.538. The molecule has 1 aromatic carbocycles. The molecule has 0 aromatic heterocycles. The van der Waals surface area contributed by atoms with E-state index in [0.717, 1.165) is 12.5 Å². The van der Waals surface area contributed by atoms with Crippen molar-refractivity contribution in [2.24, 2.45) is 5.92 Å². The van der Waals surface area contributed by atoms with Gasteiger partial charge in [-0.1, -0.05) is 25.1 Å². The molecule has 84 valence electrons. The zero-order chi connectivity index (χ0) is 10.9. The van der Waals surface area contributed by atoms with E-state index in [2.05, 4.69) is 42.6 Å². The molecule has 1 nitrogen and oxygen atoms in total. The normalized spacial score (nSPS) is 12.7. The van der Waals surface area contributed by atoms with Crippen LogP contribution in [0.2, 0.25) is 0 Å². The Kier molecular flexibility index (Phi) is 6.53. The van der Waals surface area contributed by atoms with Crippen molar-refractivity contribution in [3.8, 4) is 0 Å². The number of thioether (sulfide) groups is 1. The van der Waals surface area contributed by atoms with Crippen molar-refractivity contribution < 1.29 is 0 Å². The molecule has 2 heteroatoms. The molecule has 1 N–H and O–H groups in total. The first kappa shape index (κ1) is 12.6. The van der Waals surface area contributed by atoms with E-state index in [1.54, 1.807) is 0 Å². The lowest BCUT2D eigenvalue weighted by Crippen LogP contribution is -2.16. The molecule has 0 fully saturated rings. The highest BCUT2D eigenvalue weighted by Gasteiger charge is 2.00. The van der Waals surface area contributed by atoms with Crippen molar-refractivity contribution in [3.63, 3.8) is 0 Å². The molecule has 0 heterocycles. The van der Waals surface area contributed by atoms with Crippen LogP contribution in [0.25, 0.3) is 0 Å². The van der Waals surface area contributed by atoms with Gasteiger partial charge in [-0.3, -0.25) is 0 Å². The third kappa shape index (κ3) is 5.85. The molecule has 0 aliphatic rings. The van der Waals surface area contributed by atoms with E-state index in [1.807, 2.05) is 18.8 Å². The minimum atomic E-state index is 0.798. The molecule has 0 saturated heterocycles. The lowest BCUT2D eigenvalue weighted by Gasteiger charge is -2.09. The average Bonchev–Trinajstić information content (AvgIpc) is 2.26. The monoisotopic (exact) mass is 223 g/mol. The summed E-state index contributed by atoms with van der Waals surface area (Å²) in [5, 5.41) is 3.22. The molecule has 0 amide bonds. The summed E-state index contributed by atoms with van der Waals surface area (Å²) in [5.41, 5.74) is 0. The van der Waals surface area contributed by atoms with E-state index < -0.39 is 0 Å². The Bertz CT molecular complexity index is 248. The Labute approximate surface area is 97.7 Å². The van der Waals surface area contributed by atoms with E-state index in [-0.39, 0.29) is 0 Å². The predicted octanol–water partition coefficient (Wildman–Crippen LogP) is 3.41. The average molecular weight is 223 g/mol. The van der Waals surface area contributed by atoms with E-state index >= 15 is 0 Å². The summed E-state index contributed by atoms with van der Waals surface area (Å²) >= 11 is 1.96. The standard InChI is InChI=1S/C13H21NS/c1-12(11-14-2)7-6-10-15-13-8-4-3-5-9-13/h3-5,8-9,12,14H,6-7,10-11H2,1-2H3. The van der Waals surface area contributed by atoms with Gasteiger partial charge in [0, 0.05) is 4.90 Å². The molecule has 0 aliphatic heterocycles. The van der Waals surface area contributed by atoms with Crippen LogP contribution in [0.3, 0.4) is 0 Å². The quantitative estimate of drug-likeness (QED) is 0.561. The van der Waals surface area contributed by atoms with Gasteiger partial charge in [-0.2, -0.15) is 0 Å². The minimum Gasteiger partial charge on any atom is -0.319 e. The Morgan fingerprint density at radius 3 is 2.67 bits per heavy atom. The van der Waals surface area contributed by atoms with Crippen molar-refractivity contribution in [3.05, 3.63) is 30.3 Å². The second-order valence-electron chi connectivity index (χ2n) is 3.97. The van der Waals surface area contributed by atoms with Crippen LogP contribution >= 0.6 is 11.8 Å². The molecule has 0 bridgehead atoms. The maximum Gasteiger partial charge on any atom is 0.00719 e. The van der Waals surface area contributed by atoms with E-state index in [4.69, 9.17) is 0 Å². The molecule has 0 radical (unpaired) electrons. The number of benzene rings is 1. The van der Waals surface area contributed by atoms with E-state index in [9.17, 15) is 0 Å². The summed E-state index contributed by atoms with van der Waals surface area (Å²) in [7, 11) is 2.02. The first-order valence-corrected chi connectivity index (χ1v) is 6.64. The molecule has 0 aliphatic carbocycles. The lowest BCUT2D eigenvalue weighted by atomic mass is 10.1. The molecule has 1 aromatic rings. The van der Waals surface area contributed by atoms with Crippen molar-refractivity contribution in [2.75, 3.05) is 19.3 Å². The van der Waals surface area contributed by atoms with Gasteiger partial charge in [0.25, 0.3) is 0 Å². The molecular formula is C13H21NS. The smallest absolute Gasteiger partial charge is 0.00719 e.